The van der Waals surface area contributed by atoms with Gasteiger partial charge in [-0.15, -0.1) is 24.0 Å². The van der Waals surface area contributed by atoms with Crippen molar-refractivity contribution in [2.24, 2.45) is 10.7 Å². The largest absolute Gasteiger partial charge is 0.467 e. The molecule has 0 spiro atoms. The maximum atomic E-state index is 5.96. The van der Waals surface area contributed by atoms with Gasteiger partial charge in [0.1, 0.15) is 12.3 Å². The van der Waals surface area contributed by atoms with E-state index in [0.717, 1.165) is 24.4 Å². The molecule has 0 bridgehead atoms. The van der Waals surface area contributed by atoms with Crippen molar-refractivity contribution in [3.63, 3.8) is 0 Å². The van der Waals surface area contributed by atoms with Crippen molar-refractivity contribution in [2.75, 3.05) is 19.7 Å². The highest BCUT2D eigenvalue weighted by Crippen LogP contribution is 2.10. The van der Waals surface area contributed by atoms with Crippen LogP contribution in [0, 0.1) is 6.92 Å². The Bertz CT molecular complexity index is 406. The van der Waals surface area contributed by atoms with Crippen molar-refractivity contribution >= 4 is 29.9 Å². The number of morpholine rings is 1. The predicted octanol–water partition coefficient (Wildman–Crippen LogP) is 1.74. The number of furan rings is 1. The number of hydrogen-bond donors (Lipinski definition) is 1. The van der Waals surface area contributed by atoms with Crippen molar-refractivity contribution in [3.8, 4) is 0 Å². The molecular formula is C12H20IN3O2. The van der Waals surface area contributed by atoms with Crippen LogP contribution < -0.4 is 5.73 Å². The molecule has 0 saturated carbocycles. The van der Waals surface area contributed by atoms with E-state index in [9.17, 15) is 0 Å². The number of ether oxygens (including phenoxy) is 1. The van der Waals surface area contributed by atoms with Gasteiger partial charge in [-0.1, -0.05) is 0 Å². The monoisotopic (exact) mass is 365 g/mol. The van der Waals surface area contributed by atoms with Crippen LogP contribution in [0.4, 0.5) is 0 Å². The Labute approximate surface area is 124 Å². The van der Waals surface area contributed by atoms with Crippen molar-refractivity contribution in [1.82, 2.24) is 4.90 Å². The fourth-order valence-electron chi connectivity index (χ4n) is 1.85. The molecule has 0 radical (unpaired) electrons. The van der Waals surface area contributed by atoms with Crippen molar-refractivity contribution < 1.29 is 9.15 Å². The summed E-state index contributed by atoms with van der Waals surface area (Å²) in [7, 11) is 0. The van der Waals surface area contributed by atoms with Crippen LogP contribution in [0.2, 0.25) is 0 Å². The predicted molar refractivity (Wildman–Crippen MR) is 81.2 cm³/mol. The number of nitrogens with two attached hydrogens (primary N) is 1. The molecule has 1 aromatic heterocycles. The van der Waals surface area contributed by atoms with E-state index in [1.54, 1.807) is 6.26 Å². The number of guanidine groups is 1. The summed E-state index contributed by atoms with van der Waals surface area (Å²) in [6, 6.07) is 1.93. The van der Waals surface area contributed by atoms with Gasteiger partial charge in [-0.3, -0.25) is 0 Å². The summed E-state index contributed by atoms with van der Waals surface area (Å²) in [4.78, 5) is 6.40. The third-order valence-electron chi connectivity index (χ3n) is 2.92. The molecule has 2 rings (SSSR count). The molecular weight excluding hydrogens is 345 g/mol. The Balaban J connectivity index is 0.00000162. The van der Waals surface area contributed by atoms with Crippen LogP contribution in [-0.4, -0.2) is 36.7 Å². The first kappa shape index (κ1) is 15.3. The van der Waals surface area contributed by atoms with E-state index in [1.807, 2.05) is 24.8 Å². The second-order valence-electron chi connectivity index (χ2n) is 4.33. The summed E-state index contributed by atoms with van der Waals surface area (Å²) in [5.74, 6) is 1.44. The third-order valence-corrected chi connectivity index (χ3v) is 2.92. The Morgan fingerprint density at radius 1 is 1.61 bits per heavy atom. The molecule has 1 saturated heterocycles. The van der Waals surface area contributed by atoms with Crippen LogP contribution >= 0.6 is 24.0 Å². The standard InChI is InChI=1S/C12H19N3O2.HI/c1-9-3-5-17-11(9)7-14-12(13)15-4-6-16-10(2)8-15;/h3,5,10H,4,6-8H2,1-2H3,(H2,13,14);1H. The van der Waals surface area contributed by atoms with Crippen LogP contribution in [0.25, 0.3) is 0 Å². The van der Waals surface area contributed by atoms with Gasteiger partial charge in [-0.2, -0.15) is 0 Å². The lowest BCUT2D eigenvalue weighted by atomic mass is 10.3. The fourth-order valence-corrected chi connectivity index (χ4v) is 1.85. The SMILES string of the molecule is Cc1ccoc1CN=C(N)N1CCOC(C)C1.I. The van der Waals surface area contributed by atoms with E-state index in [4.69, 9.17) is 14.9 Å². The number of aryl methyl sites for hydroxylation is 1. The number of hydrogen-bond acceptors (Lipinski definition) is 3. The van der Waals surface area contributed by atoms with Crippen LogP contribution in [0.5, 0.6) is 0 Å². The Kier molecular flexibility index (Phi) is 5.94. The highest BCUT2D eigenvalue weighted by molar-refractivity contribution is 14.0. The average Bonchev–Trinajstić information content (AvgIpc) is 2.72. The summed E-state index contributed by atoms with van der Waals surface area (Å²) in [5, 5.41) is 0. The Morgan fingerprint density at radius 3 is 3.00 bits per heavy atom. The lowest BCUT2D eigenvalue weighted by Gasteiger charge is -2.31. The van der Waals surface area contributed by atoms with Gasteiger partial charge in [-0.05, 0) is 25.5 Å². The summed E-state index contributed by atoms with van der Waals surface area (Å²) in [6.07, 6.45) is 1.88. The summed E-state index contributed by atoms with van der Waals surface area (Å²) in [6.45, 7) is 6.84. The molecule has 102 valence electrons. The van der Waals surface area contributed by atoms with E-state index in [1.165, 1.54) is 0 Å². The molecule has 1 atom stereocenters. The van der Waals surface area contributed by atoms with Gasteiger partial charge in [0.2, 0.25) is 0 Å². The zero-order chi connectivity index (χ0) is 12.3. The zero-order valence-electron chi connectivity index (χ0n) is 10.8. The number of aliphatic imine (C=N–C) groups is 1. The van der Waals surface area contributed by atoms with E-state index < -0.39 is 0 Å². The van der Waals surface area contributed by atoms with E-state index >= 15 is 0 Å². The highest BCUT2D eigenvalue weighted by atomic mass is 127. The number of halogens is 1. The molecule has 0 aromatic carbocycles. The molecule has 0 aliphatic carbocycles. The van der Waals surface area contributed by atoms with Crippen LogP contribution in [0.3, 0.4) is 0 Å². The van der Waals surface area contributed by atoms with Gasteiger partial charge in [-0.25, -0.2) is 4.99 Å². The minimum atomic E-state index is 0. The number of rotatable bonds is 2. The molecule has 18 heavy (non-hydrogen) atoms. The molecule has 1 unspecified atom stereocenters. The molecule has 6 heteroatoms. The quantitative estimate of drug-likeness (QED) is 0.493. The molecule has 2 N–H and O–H groups in total. The van der Waals surface area contributed by atoms with Crippen LogP contribution in [0.1, 0.15) is 18.2 Å². The Hall–Kier alpha value is -0.760. The van der Waals surface area contributed by atoms with Gasteiger partial charge in [0.05, 0.1) is 19.0 Å². The third kappa shape index (κ3) is 3.88. The maximum Gasteiger partial charge on any atom is 0.191 e. The van der Waals surface area contributed by atoms with Gasteiger partial charge < -0.3 is 19.8 Å². The van der Waals surface area contributed by atoms with Crippen molar-refractivity contribution in [3.05, 3.63) is 23.7 Å². The molecule has 1 aromatic rings. The van der Waals surface area contributed by atoms with E-state index in [2.05, 4.69) is 4.99 Å². The lowest BCUT2D eigenvalue weighted by Crippen LogP contribution is -2.47. The molecule has 1 fully saturated rings. The molecule has 1 aliphatic rings. The second-order valence-corrected chi connectivity index (χ2v) is 4.33. The van der Waals surface area contributed by atoms with Crippen molar-refractivity contribution in [2.45, 2.75) is 26.5 Å². The maximum absolute atomic E-state index is 5.96. The molecule has 1 aliphatic heterocycles. The molecule has 0 amide bonds. The first-order valence-electron chi connectivity index (χ1n) is 5.86. The first-order valence-corrected chi connectivity index (χ1v) is 5.86. The highest BCUT2D eigenvalue weighted by Gasteiger charge is 2.18. The zero-order valence-corrected chi connectivity index (χ0v) is 13.1. The minimum Gasteiger partial charge on any atom is -0.467 e. The van der Waals surface area contributed by atoms with E-state index in [0.29, 0.717) is 19.1 Å². The number of nitrogens with zero attached hydrogens (tertiary/aromatic N) is 2. The topological polar surface area (TPSA) is 64.0 Å². The lowest BCUT2D eigenvalue weighted by molar-refractivity contribution is 0.00528. The van der Waals surface area contributed by atoms with E-state index in [-0.39, 0.29) is 30.1 Å². The van der Waals surface area contributed by atoms with Gasteiger partial charge >= 0.3 is 0 Å². The fraction of sp³-hybridized carbons (Fsp3) is 0.583. The molecule has 5 nitrogen and oxygen atoms in total. The van der Waals surface area contributed by atoms with Crippen LogP contribution in [0.15, 0.2) is 21.7 Å². The summed E-state index contributed by atoms with van der Waals surface area (Å²) in [5.41, 5.74) is 7.06. The van der Waals surface area contributed by atoms with Crippen molar-refractivity contribution in [1.29, 1.82) is 0 Å². The van der Waals surface area contributed by atoms with Gasteiger partial charge in [0.15, 0.2) is 5.96 Å². The van der Waals surface area contributed by atoms with Gasteiger partial charge in [0.25, 0.3) is 0 Å². The minimum absolute atomic E-state index is 0. The summed E-state index contributed by atoms with van der Waals surface area (Å²) >= 11 is 0. The first-order chi connectivity index (χ1) is 8.16. The van der Waals surface area contributed by atoms with Crippen LogP contribution in [-0.2, 0) is 11.3 Å². The molecule has 2 heterocycles. The average molecular weight is 365 g/mol. The second kappa shape index (κ2) is 6.98. The smallest absolute Gasteiger partial charge is 0.191 e. The van der Waals surface area contributed by atoms with Gasteiger partial charge in [0, 0.05) is 13.1 Å². The summed E-state index contributed by atoms with van der Waals surface area (Å²) < 4.78 is 10.8. The normalized spacial score (nSPS) is 20.7. The Morgan fingerprint density at radius 2 is 2.39 bits per heavy atom.